The molecule has 1 aromatic heterocycles. The molecule has 0 saturated carbocycles. The molecule has 0 aliphatic carbocycles. The molecule has 1 fully saturated rings. The van der Waals surface area contributed by atoms with E-state index in [1.807, 2.05) is 0 Å². The monoisotopic (exact) mass is 313 g/mol. The van der Waals surface area contributed by atoms with E-state index in [4.69, 9.17) is 11.6 Å². The minimum Gasteiger partial charge on any atom is -0.390 e. The van der Waals surface area contributed by atoms with Crippen molar-refractivity contribution in [2.45, 2.75) is 31.8 Å². The highest BCUT2D eigenvalue weighted by molar-refractivity contribution is 6.29. The second-order valence-electron chi connectivity index (χ2n) is 5.42. The fourth-order valence-electron chi connectivity index (χ4n) is 2.38. The number of carbonyl (C=O) groups is 1. The smallest absolute Gasteiger partial charge is 0.300 e. The number of hydrogen-bond acceptors (Lipinski definition) is 5. The van der Waals surface area contributed by atoms with Gasteiger partial charge in [0.15, 0.2) is 0 Å². The molecule has 0 aromatic carbocycles. The lowest BCUT2D eigenvalue weighted by molar-refractivity contribution is -0.385. The summed E-state index contributed by atoms with van der Waals surface area (Å²) in [7, 11) is 0. The summed E-state index contributed by atoms with van der Waals surface area (Å²) in [6, 6.07) is 1.21. The maximum absolute atomic E-state index is 12.5. The number of hydrogen-bond donors (Lipinski definition) is 1. The number of pyridine rings is 1. The largest absolute Gasteiger partial charge is 0.390 e. The van der Waals surface area contributed by atoms with E-state index in [1.165, 1.54) is 11.0 Å². The first-order chi connectivity index (χ1) is 9.80. The van der Waals surface area contributed by atoms with Crippen molar-refractivity contribution in [1.29, 1.82) is 0 Å². The number of halogens is 1. The minimum absolute atomic E-state index is 0.0331. The summed E-state index contributed by atoms with van der Waals surface area (Å²) in [6.45, 7) is 2.53. The summed E-state index contributed by atoms with van der Waals surface area (Å²) in [4.78, 5) is 28.0. The number of aromatic nitrogens is 1. The van der Waals surface area contributed by atoms with Crippen LogP contribution < -0.4 is 0 Å². The molecule has 21 heavy (non-hydrogen) atoms. The Balaban J connectivity index is 2.27. The average molecular weight is 314 g/mol. The molecule has 0 bridgehead atoms. The average Bonchev–Trinajstić information content (AvgIpc) is 2.58. The summed E-state index contributed by atoms with van der Waals surface area (Å²) in [5.74, 6) is -0.455. The highest BCUT2D eigenvalue weighted by atomic mass is 35.5. The predicted octanol–water partition coefficient (Wildman–Crippen LogP) is 2.02. The zero-order valence-corrected chi connectivity index (χ0v) is 12.3. The third-order valence-electron chi connectivity index (χ3n) is 3.63. The fraction of sp³-hybridized carbons (Fsp3) is 0.538. The molecule has 0 spiro atoms. The van der Waals surface area contributed by atoms with Gasteiger partial charge in [-0.1, -0.05) is 11.6 Å². The van der Waals surface area contributed by atoms with Gasteiger partial charge in [0.1, 0.15) is 16.9 Å². The van der Waals surface area contributed by atoms with Gasteiger partial charge in [-0.25, -0.2) is 4.98 Å². The molecule has 1 unspecified atom stereocenters. The molecule has 7 nitrogen and oxygen atoms in total. The first-order valence-electron chi connectivity index (χ1n) is 6.62. The van der Waals surface area contributed by atoms with Crippen molar-refractivity contribution in [2.24, 2.45) is 0 Å². The first-order valence-corrected chi connectivity index (χ1v) is 6.99. The van der Waals surface area contributed by atoms with Crippen LogP contribution in [-0.2, 0) is 0 Å². The number of amides is 1. The van der Waals surface area contributed by atoms with Gasteiger partial charge in [-0.2, -0.15) is 0 Å². The highest BCUT2D eigenvalue weighted by Gasteiger charge is 2.30. The van der Waals surface area contributed by atoms with E-state index in [-0.39, 0.29) is 16.4 Å². The Morgan fingerprint density at radius 2 is 2.24 bits per heavy atom. The molecule has 114 valence electrons. The Morgan fingerprint density at radius 1 is 1.52 bits per heavy atom. The van der Waals surface area contributed by atoms with Gasteiger partial charge in [0.2, 0.25) is 0 Å². The van der Waals surface area contributed by atoms with Gasteiger partial charge in [-0.15, -0.1) is 0 Å². The number of rotatable bonds is 2. The van der Waals surface area contributed by atoms with Gasteiger partial charge < -0.3 is 10.0 Å². The number of nitro groups is 1. The molecule has 1 amide bonds. The van der Waals surface area contributed by atoms with Gasteiger partial charge in [-0.05, 0) is 32.3 Å². The van der Waals surface area contributed by atoms with E-state index in [0.717, 1.165) is 6.20 Å². The van der Waals surface area contributed by atoms with Gasteiger partial charge in [0.05, 0.1) is 10.5 Å². The number of carbonyl (C=O) groups excluding carboxylic acids is 1. The van der Waals surface area contributed by atoms with Gasteiger partial charge in [0.25, 0.3) is 11.6 Å². The Hall–Kier alpha value is -1.73. The molecule has 0 radical (unpaired) electrons. The maximum Gasteiger partial charge on any atom is 0.300 e. The molecular formula is C13H16ClN3O4. The van der Waals surface area contributed by atoms with Crippen molar-refractivity contribution in [1.82, 2.24) is 9.88 Å². The number of nitrogens with zero attached hydrogens (tertiary/aromatic N) is 3. The van der Waals surface area contributed by atoms with Crippen LogP contribution in [0.1, 0.15) is 36.5 Å². The van der Waals surface area contributed by atoms with Crippen molar-refractivity contribution in [3.8, 4) is 0 Å². The van der Waals surface area contributed by atoms with E-state index in [0.29, 0.717) is 32.4 Å². The number of aliphatic hydroxyl groups is 1. The Bertz CT molecular complexity index is 577. The van der Waals surface area contributed by atoms with Crippen LogP contribution in [0.2, 0.25) is 5.15 Å². The van der Waals surface area contributed by atoms with Crippen molar-refractivity contribution >= 4 is 23.2 Å². The maximum atomic E-state index is 12.5. The second kappa shape index (κ2) is 5.95. The zero-order valence-electron chi connectivity index (χ0n) is 11.6. The Kier molecular flexibility index (Phi) is 4.43. The standard InChI is InChI=1S/C13H16ClN3O4/c1-13(19)3-2-5-16(6-4-13)12(18)9-7-11(14)15-8-10(9)17(20)21/h7-8,19H,2-6H2,1H3. The van der Waals surface area contributed by atoms with Crippen LogP contribution in [0.5, 0.6) is 0 Å². The van der Waals surface area contributed by atoms with E-state index >= 15 is 0 Å². The normalized spacial score (nSPS) is 22.7. The minimum atomic E-state index is -0.809. The van der Waals surface area contributed by atoms with Gasteiger partial charge in [-0.3, -0.25) is 14.9 Å². The van der Waals surface area contributed by atoms with Crippen LogP contribution in [0.3, 0.4) is 0 Å². The van der Waals surface area contributed by atoms with E-state index in [1.54, 1.807) is 6.92 Å². The first kappa shape index (κ1) is 15.7. The molecule has 1 aliphatic heterocycles. The van der Waals surface area contributed by atoms with Crippen LogP contribution in [0.25, 0.3) is 0 Å². The van der Waals surface area contributed by atoms with Crippen LogP contribution >= 0.6 is 11.6 Å². The van der Waals surface area contributed by atoms with Crippen molar-refractivity contribution in [2.75, 3.05) is 13.1 Å². The molecule has 1 atom stereocenters. The van der Waals surface area contributed by atoms with E-state index in [2.05, 4.69) is 4.98 Å². The Labute approximate surface area is 126 Å². The van der Waals surface area contributed by atoms with E-state index < -0.39 is 16.4 Å². The quantitative estimate of drug-likeness (QED) is 0.512. The van der Waals surface area contributed by atoms with Crippen LogP contribution in [-0.4, -0.2) is 44.5 Å². The van der Waals surface area contributed by atoms with Crippen LogP contribution in [0, 0.1) is 10.1 Å². The summed E-state index contributed by atoms with van der Waals surface area (Å²) >= 11 is 5.74. The second-order valence-corrected chi connectivity index (χ2v) is 5.81. The SMILES string of the molecule is CC1(O)CCCN(C(=O)c2cc(Cl)ncc2[N+](=O)[O-])CC1. The van der Waals surface area contributed by atoms with Crippen molar-refractivity contribution in [3.05, 3.63) is 33.1 Å². The molecule has 1 N–H and O–H groups in total. The van der Waals surface area contributed by atoms with Crippen LogP contribution in [0.15, 0.2) is 12.3 Å². The summed E-state index contributed by atoms with van der Waals surface area (Å²) in [5, 5.41) is 21.1. The molecule has 1 aromatic rings. The highest BCUT2D eigenvalue weighted by Crippen LogP contribution is 2.26. The Morgan fingerprint density at radius 3 is 2.90 bits per heavy atom. The third-order valence-corrected chi connectivity index (χ3v) is 3.83. The lowest BCUT2D eigenvalue weighted by Gasteiger charge is -2.22. The third kappa shape index (κ3) is 3.68. The molecule has 8 heteroatoms. The van der Waals surface area contributed by atoms with Crippen molar-refractivity contribution < 1.29 is 14.8 Å². The summed E-state index contributed by atoms with van der Waals surface area (Å²) < 4.78 is 0. The fourth-order valence-corrected chi connectivity index (χ4v) is 2.53. The zero-order chi connectivity index (χ0) is 15.6. The summed E-state index contributed by atoms with van der Waals surface area (Å²) in [6.07, 6.45) is 2.66. The number of likely N-dealkylation sites (tertiary alicyclic amines) is 1. The molecule has 2 rings (SSSR count). The van der Waals surface area contributed by atoms with Gasteiger partial charge >= 0.3 is 0 Å². The van der Waals surface area contributed by atoms with Gasteiger partial charge in [0, 0.05) is 13.1 Å². The predicted molar refractivity (Wildman–Crippen MR) is 76.3 cm³/mol. The summed E-state index contributed by atoms with van der Waals surface area (Å²) in [5.41, 5.74) is -1.24. The molecule has 1 saturated heterocycles. The molecule has 1 aliphatic rings. The topological polar surface area (TPSA) is 96.6 Å². The molecule has 2 heterocycles. The molecular weight excluding hydrogens is 298 g/mol. The van der Waals surface area contributed by atoms with Crippen LogP contribution in [0.4, 0.5) is 5.69 Å². The lowest BCUT2D eigenvalue weighted by atomic mass is 9.98. The van der Waals surface area contributed by atoms with E-state index in [9.17, 15) is 20.0 Å². The van der Waals surface area contributed by atoms with Crippen molar-refractivity contribution in [3.63, 3.8) is 0 Å². The lowest BCUT2D eigenvalue weighted by Crippen LogP contribution is -2.34.